The lowest BCUT2D eigenvalue weighted by molar-refractivity contribution is -0.167. The smallest absolute Gasteiger partial charge is 0.306 e. The van der Waals surface area contributed by atoms with Gasteiger partial charge < -0.3 is 14.2 Å². The van der Waals surface area contributed by atoms with Crippen LogP contribution in [0.25, 0.3) is 0 Å². The van der Waals surface area contributed by atoms with E-state index in [0.717, 1.165) is 83.5 Å². The first-order valence-electron chi connectivity index (χ1n) is 29.6. The fourth-order valence-electron chi connectivity index (χ4n) is 8.56. The molecule has 6 heteroatoms. The SMILES string of the molecule is CCCCCC/C=C\CCCCCCCC(=O)OCC(COC(=O)CCCCCCCC/C=C\C/C=C\C/C=C\CCCCCCC)OC(=O)CCCCCCCCCCCCCCCCCC. The number of rotatable bonds is 54. The molecule has 0 fully saturated rings. The Bertz CT molecular complexity index is 1190. The topological polar surface area (TPSA) is 78.9 Å². The molecule has 0 bridgehead atoms. The Morgan fingerprint density at radius 3 is 0.853 bits per heavy atom. The minimum atomic E-state index is -0.780. The molecule has 68 heavy (non-hydrogen) atoms. The summed E-state index contributed by atoms with van der Waals surface area (Å²) in [6, 6.07) is 0. The summed E-state index contributed by atoms with van der Waals surface area (Å²) >= 11 is 0. The first kappa shape index (κ1) is 65.4. The van der Waals surface area contributed by atoms with Crippen LogP contribution < -0.4 is 0 Å². The number of hydrogen-bond acceptors (Lipinski definition) is 6. The zero-order valence-electron chi connectivity index (χ0n) is 45.4. The molecule has 0 aliphatic rings. The maximum Gasteiger partial charge on any atom is 0.306 e. The fourth-order valence-corrected chi connectivity index (χ4v) is 8.56. The Morgan fingerprint density at radius 1 is 0.294 bits per heavy atom. The van der Waals surface area contributed by atoms with Crippen molar-refractivity contribution in [3.63, 3.8) is 0 Å². The molecular formula is C62H112O6. The van der Waals surface area contributed by atoms with Crippen molar-refractivity contribution in [2.45, 2.75) is 316 Å². The summed E-state index contributed by atoms with van der Waals surface area (Å²) in [5, 5.41) is 0. The van der Waals surface area contributed by atoms with Gasteiger partial charge in [0.15, 0.2) is 6.10 Å². The van der Waals surface area contributed by atoms with E-state index in [1.165, 1.54) is 186 Å². The van der Waals surface area contributed by atoms with Crippen molar-refractivity contribution in [2.24, 2.45) is 0 Å². The maximum absolute atomic E-state index is 12.9. The summed E-state index contributed by atoms with van der Waals surface area (Å²) in [5.74, 6) is -0.884. The molecule has 0 heterocycles. The Morgan fingerprint density at radius 2 is 0.529 bits per heavy atom. The Labute approximate surface area is 422 Å². The summed E-state index contributed by atoms with van der Waals surface area (Å²) in [7, 11) is 0. The van der Waals surface area contributed by atoms with E-state index in [4.69, 9.17) is 14.2 Å². The van der Waals surface area contributed by atoms with Crippen molar-refractivity contribution >= 4 is 17.9 Å². The quantitative estimate of drug-likeness (QED) is 0.0262. The van der Waals surface area contributed by atoms with Gasteiger partial charge in [-0.25, -0.2) is 0 Å². The van der Waals surface area contributed by atoms with Crippen LogP contribution in [0.4, 0.5) is 0 Å². The van der Waals surface area contributed by atoms with Crippen LogP contribution in [0.1, 0.15) is 310 Å². The van der Waals surface area contributed by atoms with E-state index < -0.39 is 6.10 Å². The van der Waals surface area contributed by atoms with Crippen LogP contribution in [0.15, 0.2) is 48.6 Å². The van der Waals surface area contributed by atoms with Crippen molar-refractivity contribution < 1.29 is 28.6 Å². The number of carbonyl (C=O) groups is 3. The predicted octanol–water partition coefficient (Wildman–Crippen LogP) is 19.8. The van der Waals surface area contributed by atoms with Gasteiger partial charge in [-0.05, 0) is 83.5 Å². The van der Waals surface area contributed by atoms with Gasteiger partial charge in [0, 0.05) is 19.3 Å². The number of hydrogen-bond donors (Lipinski definition) is 0. The molecule has 0 radical (unpaired) electrons. The normalized spacial score (nSPS) is 12.3. The molecule has 6 nitrogen and oxygen atoms in total. The second-order valence-corrected chi connectivity index (χ2v) is 19.9. The van der Waals surface area contributed by atoms with Crippen LogP contribution in [-0.2, 0) is 28.6 Å². The number of ether oxygens (including phenoxy) is 3. The standard InChI is InChI=1S/C62H112O6/c1-4-7-10-13-16-19-22-25-27-29-30-31-32-33-35-37-40-43-46-49-52-55-61(64)67-58-59(57-66-60(63)54-51-48-45-42-39-36-24-21-18-15-12-9-6-3)68-62(65)56-53-50-47-44-41-38-34-28-26-23-20-17-14-11-8-5-2/h21-22,24-25,29-30,32-33,59H,4-20,23,26-28,31,34-58H2,1-3H3/b24-21-,25-22-,30-29-,33-32-. The molecule has 0 N–H and O–H groups in total. The van der Waals surface area contributed by atoms with Crippen LogP contribution in [0.2, 0.25) is 0 Å². The van der Waals surface area contributed by atoms with Crippen molar-refractivity contribution in [1.29, 1.82) is 0 Å². The second-order valence-electron chi connectivity index (χ2n) is 19.9. The van der Waals surface area contributed by atoms with Crippen LogP contribution in [-0.4, -0.2) is 37.2 Å². The van der Waals surface area contributed by atoms with E-state index in [-0.39, 0.29) is 31.1 Å². The van der Waals surface area contributed by atoms with Crippen LogP contribution >= 0.6 is 0 Å². The lowest BCUT2D eigenvalue weighted by Crippen LogP contribution is -2.30. The van der Waals surface area contributed by atoms with E-state index in [1.54, 1.807) is 0 Å². The molecule has 0 rings (SSSR count). The van der Waals surface area contributed by atoms with Gasteiger partial charge in [-0.15, -0.1) is 0 Å². The van der Waals surface area contributed by atoms with Crippen molar-refractivity contribution in [3.8, 4) is 0 Å². The molecule has 1 unspecified atom stereocenters. The van der Waals surface area contributed by atoms with E-state index in [2.05, 4.69) is 69.4 Å². The highest BCUT2D eigenvalue weighted by molar-refractivity contribution is 5.71. The summed E-state index contributed by atoms with van der Waals surface area (Å²) in [6.07, 6.45) is 69.6. The third kappa shape index (κ3) is 54.3. The Hall–Kier alpha value is -2.63. The summed E-state index contributed by atoms with van der Waals surface area (Å²) in [6.45, 7) is 6.63. The number of carbonyl (C=O) groups excluding carboxylic acids is 3. The van der Waals surface area contributed by atoms with E-state index in [9.17, 15) is 14.4 Å². The predicted molar refractivity (Wildman–Crippen MR) is 293 cm³/mol. The zero-order chi connectivity index (χ0) is 49.3. The van der Waals surface area contributed by atoms with Crippen molar-refractivity contribution in [2.75, 3.05) is 13.2 Å². The lowest BCUT2D eigenvalue weighted by atomic mass is 10.0. The Balaban J connectivity index is 4.35. The summed E-state index contributed by atoms with van der Waals surface area (Å²) in [5.41, 5.74) is 0. The molecule has 1 atom stereocenters. The largest absolute Gasteiger partial charge is 0.462 e. The van der Waals surface area contributed by atoms with Gasteiger partial charge in [-0.3, -0.25) is 14.4 Å². The lowest BCUT2D eigenvalue weighted by Gasteiger charge is -2.18. The van der Waals surface area contributed by atoms with Crippen LogP contribution in [0, 0.1) is 0 Å². The number of unbranched alkanes of at least 4 members (excludes halogenated alkanes) is 35. The second kappa shape index (κ2) is 57.0. The molecule has 0 saturated carbocycles. The molecule has 0 aliphatic heterocycles. The average Bonchev–Trinajstić information content (AvgIpc) is 3.34. The molecule has 0 spiro atoms. The first-order valence-corrected chi connectivity index (χ1v) is 29.6. The molecule has 0 aliphatic carbocycles. The Kier molecular flexibility index (Phi) is 54.8. The van der Waals surface area contributed by atoms with Crippen molar-refractivity contribution in [1.82, 2.24) is 0 Å². The van der Waals surface area contributed by atoms with Gasteiger partial charge in [-0.2, -0.15) is 0 Å². The molecule has 0 aromatic carbocycles. The molecule has 396 valence electrons. The number of esters is 3. The number of allylic oxidation sites excluding steroid dienone is 8. The van der Waals surface area contributed by atoms with E-state index in [1.807, 2.05) is 0 Å². The minimum absolute atomic E-state index is 0.0789. The molecule has 0 saturated heterocycles. The minimum Gasteiger partial charge on any atom is -0.462 e. The summed E-state index contributed by atoms with van der Waals surface area (Å²) in [4.78, 5) is 38.2. The van der Waals surface area contributed by atoms with Gasteiger partial charge in [0.05, 0.1) is 0 Å². The molecule has 0 aromatic heterocycles. The van der Waals surface area contributed by atoms with Gasteiger partial charge in [0.2, 0.25) is 0 Å². The fraction of sp³-hybridized carbons (Fsp3) is 0.823. The molecule has 0 aromatic rings. The zero-order valence-corrected chi connectivity index (χ0v) is 45.4. The highest BCUT2D eigenvalue weighted by Crippen LogP contribution is 2.16. The monoisotopic (exact) mass is 953 g/mol. The van der Waals surface area contributed by atoms with Gasteiger partial charge in [-0.1, -0.05) is 256 Å². The van der Waals surface area contributed by atoms with Gasteiger partial charge in [0.1, 0.15) is 13.2 Å². The van der Waals surface area contributed by atoms with E-state index >= 15 is 0 Å². The summed E-state index contributed by atoms with van der Waals surface area (Å²) < 4.78 is 16.9. The molecule has 0 amide bonds. The third-order valence-corrected chi connectivity index (χ3v) is 13.1. The average molecular weight is 954 g/mol. The van der Waals surface area contributed by atoms with Crippen LogP contribution in [0.3, 0.4) is 0 Å². The van der Waals surface area contributed by atoms with Gasteiger partial charge >= 0.3 is 17.9 Å². The van der Waals surface area contributed by atoms with E-state index in [0.29, 0.717) is 19.3 Å². The van der Waals surface area contributed by atoms with Crippen LogP contribution in [0.5, 0.6) is 0 Å². The molecular weight excluding hydrogens is 841 g/mol. The highest BCUT2D eigenvalue weighted by Gasteiger charge is 2.19. The first-order chi connectivity index (χ1) is 33.5. The van der Waals surface area contributed by atoms with Crippen molar-refractivity contribution in [3.05, 3.63) is 48.6 Å². The maximum atomic E-state index is 12.9. The highest BCUT2D eigenvalue weighted by atomic mass is 16.6. The third-order valence-electron chi connectivity index (χ3n) is 13.1. The van der Waals surface area contributed by atoms with Gasteiger partial charge in [0.25, 0.3) is 0 Å².